The Kier molecular flexibility index (Phi) is 7.27. The second-order valence-corrected chi connectivity index (χ2v) is 6.33. The first kappa shape index (κ1) is 20.0. The molecule has 0 saturated carbocycles. The summed E-state index contributed by atoms with van der Waals surface area (Å²) >= 11 is 0. The third kappa shape index (κ3) is 5.36. The standard InChI is InChI=1S/C21H26F2N2O/c1-4-24(16(3)18-9-11-19(22)12-10-18)15-21(26)25(5-2)14-17-7-6-8-20(23)13-17/h6-13,16H,4-5,14-15H2,1-3H3. The van der Waals surface area contributed by atoms with Crippen LogP contribution >= 0.6 is 0 Å². The Morgan fingerprint density at radius 2 is 1.69 bits per heavy atom. The predicted molar refractivity (Wildman–Crippen MR) is 99.6 cm³/mol. The van der Waals surface area contributed by atoms with Crippen molar-refractivity contribution in [2.24, 2.45) is 0 Å². The van der Waals surface area contributed by atoms with Crippen LogP contribution in [0.1, 0.15) is 37.9 Å². The van der Waals surface area contributed by atoms with Gasteiger partial charge in [0.05, 0.1) is 6.54 Å². The summed E-state index contributed by atoms with van der Waals surface area (Å²) in [6.45, 7) is 7.81. The Hall–Kier alpha value is -2.27. The summed E-state index contributed by atoms with van der Waals surface area (Å²) in [5.41, 5.74) is 1.74. The predicted octanol–water partition coefficient (Wildman–Crippen LogP) is 4.40. The summed E-state index contributed by atoms with van der Waals surface area (Å²) in [4.78, 5) is 16.5. The van der Waals surface area contributed by atoms with Crippen molar-refractivity contribution in [3.63, 3.8) is 0 Å². The molecule has 0 spiro atoms. The van der Waals surface area contributed by atoms with Crippen LogP contribution < -0.4 is 0 Å². The molecular weight excluding hydrogens is 334 g/mol. The van der Waals surface area contributed by atoms with Crippen molar-refractivity contribution >= 4 is 5.91 Å². The number of rotatable bonds is 8. The van der Waals surface area contributed by atoms with E-state index in [9.17, 15) is 13.6 Å². The molecule has 0 radical (unpaired) electrons. The van der Waals surface area contributed by atoms with Gasteiger partial charge in [-0.05, 0) is 55.8 Å². The van der Waals surface area contributed by atoms with Crippen LogP contribution in [0.2, 0.25) is 0 Å². The van der Waals surface area contributed by atoms with E-state index in [1.54, 1.807) is 23.1 Å². The van der Waals surface area contributed by atoms with Crippen LogP contribution in [-0.4, -0.2) is 35.3 Å². The van der Waals surface area contributed by atoms with Crippen LogP contribution in [0.4, 0.5) is 8.78 Å². The summed E-state index contributed by atoms with van der Waals surface area (Å²) in [7, 11) is 0. The monoisotopic (exact) mass is 360 g/mol. The van der Waals surface area contributed by atoms with E-state index in [1.165, 1.54) is 24.3 Å². The molecule has 0 heterocycles. The first-order valence-corrected chi connectivity index (χ1v) is 8.96. The second kappa shape index (κ2) is 9.43. The van der Waals surface area contributed by atoms with E-state index in [4.69, 9.17) is 0 Å². The van der Waals surface area contributed by atoms with Gasteiger partial charge in [0.15, 0.2) is 0 Å². The molecule has 2 rings (SSSR count). The van der Waals surface area contributed by atoms with Crippen molar-refractivity contribution in [3.05, 3.63) is 71.3 Å². The van der Waals surface area contributed by atoms with Gasteiger partial charge in [-0.25, -0.2) is 8.78 Å². The third-order valence-electron chi connectivity index (χ3n) is 4.64. The smallest absolute Gasteiger partial charge is 0.237 e. The molecule has 0 N–H and O–H groups in total. The van der Waals surface area contributed by atoms with Gasteiger partial charge in [-0.2, -0.15) is 0 Å². The minimum atomic E-state index is -0.300. The SMILES string of the molecule is CCN(Cc1cccc(F)c1)C(=O)CN(CC)C(C)c1ccc(F)cc1. The fraction of sp³-hybridized carbons (Fsp3) is 0.381. The molecule has 2 aromatic rings. The Morgan fingerprint density at radius 1 is 1.00 bits per heavy atom. The largest absolute Gasteiger partial charge is 0.338 e. The van der Waals surface area contributed by atoms with E-state index in [0.29, 0.717) is 19.6 Å². The quantitative estimate of drug-likeness (QED) is 0.697. The van der Waals surface area contributed by atoms with Crippen molar-refractivity contribution in [2.45, 2.75) is 33.4 Å². The lowest BCUT2D eigenvalue weighted by atomic mass is 10.1. The molecule has 0 aromatic heterocycles. The lowest BCUT2D eigenvalue weighted by molar-refractivity contribution is -0.133. The molecule has 140 valence electrons. The van der Waals surface area contributed by atoms with Gasteiger partial charge < -0.3 is 4.90 Å². The minimum Gasteiger partial charge on any atom is -0.338 e. The summed E-state index contributed by atoms with van der Waals surface area (Å²) in [6.07, 6.45) is 0. The van der Waals surface area contributed by atoms with Crippen molar-refractivity contribution in [1.82, 2.24) is 9.80 Å². The number of benzene rings is 2. The van der Waals surface area contributed by atoms with E-state index in [2.05, 4.69) is 0 Å². The maximum Gasteiger partial charge on any atom is 0.237 e. The first-order valence-electron chi connectivity index (χ1n) is 8.96. The van der Waals surface area contributed by atoms with E-state index in [-0.39, 0.29) is 30.1 Å². The molecule has 5 heteroatoms. The van der Waals surface area contributed by atoms with Crippen LogP contribution in [0.25, 0.3) is 0 Å². The number of carbonyl (C=O) groups excluding carboxylic acids is 1. The Bertz CT molecular complexity index is 718. The zero-order chi connectivity index (χ0) is 19.1. The lowest BCUT2D eigenvalue weighted by Gasteiger charge is -2.30. The minimum absolute atomic E-state index is 0.00238. The average molecular weight is 360 g/mol. The zero-order valence-corrected chi connectivity index (χ0v) is 15.6. The normalized spacial score (nSPS) is 12.2. The summed E-state index contributed by atoms with van der Waals surface area (Å²) < 4.78 is 26.5. The third-order valence-corrected chi connectivity index (χ3v) is 4.64. The summed E-state index contributed by atoms with van der Waals surface area (Å²) in [5, 5.41) is 0. The molecule has 1 unspecified atom stereocenters. The van der Waals surface area contributed by atoms with Crippen molar-refractivity contribution < 1.29 is 13.6 Å². The second-order valence-electron chi connectivity index (χ2n) is 6.33. The highest BCUT2D eigenvalue weighted by Crippen LogP contribution is 2.20. The maximum atomic E-state index is 13.4. The Labute approximate surface area is 154 Å². The first-order chi connectivity index (χ1) is 12.4. The zero-order valence-electron chi connectivity index (χ0n) is 15.6. The van der Waals surface area contributed by atoms with Crippen molar-refractivity contribution in [3.8, 4) is 0 Å². The highest BCUT2D eigenvalue weighted by Gasteiger charge is 2.20. The molecule has 1 amide bonds. The van der Waals surface area contributed by atoms with Gasteiger partial charge in [0, 0.05) is 19.1 Å². The Morgan fingerprint density at radius 3 is 2.27 bits per heavy atom. The van der Waals surface area contributed by atoms with Crippen molar-refractivity contribution in [1.29, 1.82) is 0 Å². The molecule has 0 aliphatic heterocycles. The summed E-state index contributed by atoms with van der Waals surface area (Å²) in [5.74, 6) is -0.578. The number of amides is 1. The average Bonchev–Trinajstić information content (AvgIpc) is 2.64. The van der Waals surface area contributed by atoms with Gasteiger partial charge in [-0.15, -0.1) is 0 Å². The van der Waals surface area contributed by atoms with E-state index in [0.717, 1.165) is 11.1 Å². The molecule has 26 heavy (non-hydrogen) atoms. The highest BCUT2D eigenvalue weighted by molar-refractivity contribution is 5.78. The van der Waals surface area contributed by atoms with Gasteiger partial charge in [-0.3, -0.25) is 9.69 Å². The van der Waals surface area contributed by atoms with Crippen LogP contribution in [0.3, 0.4) is 0 Å². The molecule has 0 saturated heterocycles. The molecule has 0 fully saturated rings. The lowest BCUT2D eigenvalue weighted by Crippen LogP contribution is -2.41. The number of nitrogens with zero attached hydrogens (tertiary/aromatic N) is 2. The number of hydrogen-bond acceptors (Lipinski definition) is 2. The van der Waals surface area contributed by atoms with Gasteiger partial charge in [-0.1, -0.05) is 31.2 Å². The number of carbonyl (C=O) groups is 1. The number of hydrogen-bond donors (Lipinski definition) is 0. The number of halogens is 2. The molecule has 0 bridgehead atoms. The van der Waals surface area contributed by atoms with Crippen LogP contribution in [0.15, 0.2) is 48.5 Å². The van der Waals surface area contributed by atoms with E-state index in [1.807, 2.05) is 31.7 Å². The molecule has 2 aromatic carbocycles. The highest BCUT2D eigenvalue weighted by atomic mass is 19.1. The fourth-order valence-corrected chi connectivity index (χ4v) is 2.98. The molecular formula is C21H26F2N2O. The van der Waals surface area contributed by atoms with E-state index < -0.39 is 0 Å². The molecule has 0 aliphatic rings. The molecule has 3 nitrogen and oxygen atoms in total. The van der Waals surface area contributed by atoms with Gasteiger partial charge in [0.1, 0.15) is 11.6 Å². The fourth-order valence-electron chi connectivity index (χ4n) is 2.98. The van der Waals surface area contributed by atoms with Crippen LogP contribution in [0, 0.1) is 11.6 Å². The van der Waals surface area contributed by atoms with Crippen molar-refractivity contribution in [2.75, 3.05) is 19.6 Å². The van der Waals surface area contributed by atoms with Gasteiger partial charge >= 0.3 is 0 Å². The summed E-state index contributed by atoms with van der Waals surface area (Å²) in [6, 6.07) is 12.7. The molecule has 1 atom stereocenters. The van der Waals surface area contributed by atoms with Crippen LogP contribution in [-0.2, 0) is 11.3 Å². The maximum absolute atomic E-state index is 13.4. The van der Waals surface area contributed by atoms with E-state index >= 15 is 0 Å². The van der Waals surface area contributed by atoms with Gasteiger partial charge in [0.25, 0.3) is 0 Å². The van der Waals surface area contributed by atoms with Gasteiger partial charge in [0.2, 0.25) is 5.91 Å². The Balaban J connectivity index is 2.04. The number of likely N-dealkylation sites (N-methyl/N-ethyl adjacent to an activating group) is 2. The topological polar surface area (TPSA) is 23.6 Å². The molecule has 0 aliphatic carbocycles. The van der Waals surface area contributed by atoms with Crippen LogP contribution in [0.5, 0.6) is 0 Å².